The lowest BCUT2D eigenvalue weighted by atomic mass is 10.00. The zero-order valence-electron chi connectivity index (χ0n) is 10.4. The van der Waals surface area contributed by atoms with Crippen LogP contribution in [0.25, 0.3) is 0 Å². The van der Waals surface area contributed by atoms with Crippen LogP contribution >= 0.6 is 0 Å². The molecular weight excluding hydrogens is 194 g/mol. The standard InChI is InChI=1S/C11H23NO3/c1-6-11(5,14)7-8-12-9(13)15-10(2,3)4/h14H,6-8H2,1-5H3,(H,12,13). The van der Waals surface area contributed by atoms with Crippen LogP contribution < -0.4 is 5.32 Å². The van der Waals surface area contributed by atoms with Crippen LogP contribution in [0.3, 0.4) is 0 Å². The summed E-state index contributed by atoms with van der Waals surface area (Å²) in [7, 11) is 0. The number of amides is 1. The van der Waals surface area contributed by atoms with Crippen molar-refractivity contribution in [3.05, 3.63) is 0 Å². The van der Waals surface area contributed by atoms with Crippen LogP contribution in [0.15, 0.2) is 0 Å². The van der Waals surface area contributed by atoms with Gasteiger partial charge in [0.2, 0.25) is 0 Å². The van der Waals surface area contributed by atoms with E-state index >= 15 is 0 Å². The molecule has 0 heterocycles. The fourth-order valence-corrected chi connectivity index (χ4v) is 0.925. The van der Waals surface area contributed by atoms with Crippen LogP contribution in [0, 0.1) is 0 Å². The number of aliphatic hydroxyl groups is 1. The summed E-state index contributed by atoms with van der Waals surface area (Å²) in [5.74, 6) is 0. The third kappa shape index (κ3) is 8.24. The smallest absolute Gasteiger partial charge is 0.407 e. The molecule has 0 bridgehead atoms. The van der Waals surface area contributed by atoms with Crippen molar-refractivity contribution in [2.75, 3.05) is 6.54 Å². The van der Waals surface area contributed by atoms with E-state index < -0.39 is 17.3 Å². The van der Waals surface area contributed by atoms with Gasteiger partial charge in [0.05, 0.1) is 5.60 Å². The zero-order valence-corrected chi connectivity index (χ0v) is 10.4. The summed E-state index contributed by atoms with van der Waals surface area (Å²) in [5.41, 5.74) is -1.19. The molecule has 0 aliphatic rings. The topological polar surface area (TPSA) is 58.6 Å². The highest BCUT2D eigenvalue weighted by atomic mass is 16.6. The molecule has 0 rings (SSSR count). The normalized spacial score (nSPS) is 15.6. The van der Waals surface area contributed by atoms with Crippen molar-refractivity contribution in [2.24, 2.45) is 0 Å². The highest BCUT2D eigenvalue weighted by Crippen LogP contribution is 2.12. The fraction of sp³-hybridized carbons (Fsp3) is 0.909. The van der Waals surface area contributed by atoms with Crippen LogP contribution in [-0.4, -0.2) is 28.9 Å². The van der Waals surface area contributed by atoms with Crippen LogP contribution in [0.1, 0.15) is 47.5 Å². The molecule has 4 nitrogen and oxygen atoms in total. The monoisotopic (exact) mass is 217 g/mol. The number of hydrogen-bond acceptors (Lipinski definition) is 3. The molecule has 1 atom stereocenters. The summed E-state index contributed by atoms with van der Waals surface area (Å²) >= 11 is 0. The fourth-order valence-electron chi connectivity index (χ4n) is 0.925. The molecule has 0 spiro atoms. The van der Waals surface area contributed by atoms with E-state index in [1.807, 2.05) is 27.7 Å². The Bertz CT molecular complexity index is 206. The van der Waals surface area contributed by atoms with Crippen molar-refractivity contribution in [3.8, 4) is 0 Å². The minimum atomic E-state index is -0.713. The average molecular weight is 217 g/mol. The van der Waals surface area contributed by atoms with E-state index in [-0.39, 0.29) is 0 Å². The number of alkyl carbamates (subject to hydrolysis) is 1. The second kappa shape index (κ2) is 5.35. The third-order valence-electron chi connectivity index (χ3n) is 2.09. The number of carbonyl (C=O) groups excluding carboxylic acids is 1. The van der Waals surface area contributed by atoms with Gasteiger partial charge in [-0.25, -0.2) is 4.79 Å². The van der Waals surface area contributed by atoms with Crippen molar-refractivity contribution in [3.63, 3.8) is 0 Å². The summed E-state index contributed by atoms with van der Waals surface area (Å²) in [4.78, 5) is 11.2. The summed E-state index contributed by atoms with van der Waals surface area (Å²) in [5, 5.41) is 12.3. The number of nitrogens with one attached hydrogen (secondary N) is 1. The molecule has 0 saturated carbocycles. The van der Waals surface area contributed by atoms with Crippen LogP contribution in [0.2, 0.25) is 0 Å². The van der Waals surface area contributed by atoms with Crippen molar-refractivity contribution < 1.29 is 14.6 Å². The Labute approximate surface area is 92.0 Å². The molecule has 15 heavy (non-hydrogen) atoms. The Morgan fingerprint density at radius 3 is 2.27 bits per heavy atom. The van der Waals surface area contributed by atoms with Gasteiger partial charge in [-0.1, -0.05) is 6.92 Å². The SMILES string of the molecule is CCC(C)(O)CCNC(=O)OC(C)(C)C. The van der Waals surface area contributed by atoms with Gasteiger partial charge in [0.25, 0.3) is 0 Å². The number of carbonyl (C=O) groups is 1. The molecule has 0 aromatic carbocycles. The molecule has 0 aromatic rings. The molecular formula is C11H23NO3. The molecule has 0 aromatic heterocycles. The zero-order chi connectivity index (χ0) is 12.1. The van der Waals surface area contributed by atoms with Gasteiger partial charge in [-0.3, -0.25) is 0 Å². The molecule has 0 fully saturated rings. The van der Waals surface area contributed by atoms with Crippen LogP contribution in [-0.2, 0) is 4.74 Å². The maximum absolute atomic E-state index is 11.2. The van der Waals surface area contributed by atoms with E-state index in [0.717, 1.165) is 0 Å². The Morgan fingerprint density at radius 2 is 1.87 bits per heavy atom. The first kappa shape index (κ1) is 14.2. The highest BCUT2D eigenvalue weighted by molar-refractivity contribution is 5.67. The van der Waals surface area contributed by atoms with Gasteiger partial charge in [0.15, 0.2) is 0 Å². The summed E-state index contributed by atoms with van der Waals surface area (Å²) in [6.07, 6.45) is 0.764. The predicted octanol–water partition coefficient (Wildman–Crippen LogP) is 2.06. The molecule has 0 aliphatic carbocycles. The number of hydrogen-bond donors (Lipinski definition) is 2. The Morgan fingerprint density at radius 1 is 1.33 bits per heavy atom. The first-order valence-electron chi connectivity index (χ1n) is 5.35. The first-order chi connectivity index (χ1) is 6.66. The van der Waals surface area contributed by atoms with Gasteiger partial charge < -0.3 is 15.2 Å². The van der Waals surface area contributed by atoms with Gasteiger partial charge in [0, 0.05) is 6.54 Å². The van der Waals surface area contributed by atoms with Crippen molar-refractivity contribution in [1.29, 1.82) is 0 Å². The second-order valence-corrected chi connectivity index (χ2v) is 5.03. The van der Waals surface area contributed by atoms with Gasteiger partial charge in [-0.15, -0.1) is 0 Å². The minimum Gasteiger partial charge on any atom is -0.444 e. The van der Waals surface area contributed by atoms with Crippen LogP contribution in [0.5, 0.6) is 0 Å². The lowest BCUT2D eigenvalue weighted by molar-refractivity contribution is 0.0389. The lowest BCUT2D eigenvalue weighted by Gasteiger charge is -2.23. The minimum absolute atomic E-state index is 0.426. The highest BCUT2D eigenvalue weighted by Gasteiger charge is 2.19. The van der Waals surface area contributed by atoms with Crippen molar-refractivity contribution >= 4 is 6.09 Å². The van der Waals surface area contributed by atoms with Crippen molar-refractivity contribution in [1.82, 2.24) is 5.32 Å². The molecule has 1 amide bonds. The van der Waals surface area contributed by atoms with E-state index in [1.165, 1.54) is 0 Å². The summed E-state index contributed by atoms with van der Waals surface area (Å²) < 4.78 is 5.05. The maximum Gasteiger partial charge on any atom is 0.407 e. The molecule has 1 unspecified atom stereocenters. The second-order valence-electron chi connectivity index (χ2n) is 5.03. The van der Waals surface area contributed by atoms with E-state index in [0.29, 0.717) is 19.4 Å². The Kier molecular flexibility index (Phi) is 5.08. The van der Waals surface area contributed by atoms with E-state index in [2.05, 4.69) is 5.32 Å². The molecule has 2 N–H and O–H groups in total. The van der Waals surface area contributed by atoms with Gasteiger partial charge in [0.1, 0.15) is 5.60 Å². The summed E-state index contributed by atoms with van der Waals surface area (Å²) in [6.45, 7) is 9.53. The maximum atomic E-state index is 11.2. The molecule has 90 valence electrons. The first-order valence-corrected chi connectivity index (χ1v) is 5.35. The van der Waals surface area contributed by atoms with E-state index in [4.69, 9.17) is 4.74 Å². The summed E-state index contributed by atoms with van der Waals surface area (Å²) in [6, 6.07) is 0. The van der Waals surface area contributed by atoms with Crippen molar-refractivity contribution in [2.45, 2.75) is 58.7 Å². The Balaban J connectivity index is 3.74. The van der Waals surface area contributed by atoms with Crippen LogP contribution in [0.4, 0.5) is 4.79 Å². The Hall–Kier alpha value is -0.770. The predicted molar refractivity (Wildman–Crippen MR) is 59.8 cm³/mol. The molecule has 0 radical (unpaired) electrons. The molecule has 4 heteroatoms. The van der Waals surface area contributed by atoms with E-state index in [1.54, 1.807) is 6.92 Å². The third-order valence-corrected chi connectivity index (χ3v) is 2.09. The van der Waals surface area contributed by atoms with Gasteiger partial charge in [-0.05, 0) is 40.5 Å². The van der Waals surface area contributed by atoms with Gasteiger partial charge in [-0.2, -0.15) is 0 Å². The molecule has 0 saturated heterocycles. The largest absolute Gasteiger partial charge is 0.444 e. The van der Waals surface area contributed by atoms with Gasteiger partial charge >= 0.3 is 6.09 Å². The quantitative estimate of drug-likeness (QED) is 0.757. The number of ether oxygens (including phenoxy) is 1. The molecule has 0 aliphatic heterocycles. The average Bonchev–Trinajstić information content (AvgIpc) is 2.00. The lowest BCUT2D eigenvalue weighted by Crippen LogP contribution is -2.36. The number of rotatable bonds is 4. The van der Waals surface area contributed by atoms with E-state index in [9.17, 15) is 9.90 Å².